The average Bonchev–Trinajstić information content (AvgIpc) is 2.30. The Morgan fingerprint density at radius 2 is 1.76 bits per heavy atom. The molecule has 0 atom stereocenters. The molecule has 2 rings (SSSR count). The van der Waals surface area contributed by atoms with Crippen LogP contribution in [0.5, 0.6) is 5.75 Å². The second-order valence-electron chi connectivity index (χ2n) is 6.16. The van der Waals surface area contributed by atoms with E-state index in [4.69, 9.17) is 0 Å². The van der Waals surface area contributed by atoms with E-state index in [1.807, 2.05) is 18.2 Å². The van der Waals surface area contributed by atoms with Crippen LogP contribution in [0.1, 0.15) is 52.0 Å². The van der Waals surface area contributed by atoms with Crippen LogP contribution in [0.15, 0.2) is 24.3 Å². The molecular formula is C16H24O. The molecule has 1 aliphatic carbocycles. The van der Waals surface area contributed by atoms with E-state index in [1.165, 1.54) is 25.7 Å². The average molecular weight is 232 g/mol. The summed E-state index contributed by atoms with van der Waals surface area (Å²) in [5.74, 6) is 2.14. The number of hydrogen-bond acceptors (Lipinski definition) is 1. The molecule has 1 saturated carbocycles. The minimum Gasteiger partial charge on any atom is -0.508 e. The van der Waals surface area contributed by atoms with Gasteiger partial charge in [0, 0.05) is 0 Å². The molecule has 0 aliphatic heterocycles. The number of rotatable bonds is 2. The van der Waals surface area contributed by atoms with E-state index in [-0.39, 0.29) is 5.41 Å². The predicted octanol–water partition coefficient (Wildman–Crippen LogP) is 4.50. The number of benzene rings is 1. The Morgan fingerprint density at radius 3 is 2.29 bits per heavy atom. The Balaban J connectivity index is 2.15. The standard InChI is InChI=1S/C16H24O/c1-12(2)13-8-10-16(3,11-9-13)14-6-4-5-7-15(14)17/h4-7,12-13,17H,8-11H2,1-3H3. The molecule has 0 radical (unpaired) electrons. The fourth-order valence-electron chi connectivity index (χ4n) is 3.20. The van der Waals surface area contributed by atoms with E-state index in [9.17, 15) is 5.11 Å². The van der Waals surface area contributed by atoms with Crippen molar-refractivity contribution in [1.82, 2.24) is 0 Å². The maximum absolute atomic E-state index is 10.0. The molecule has 0 aromatic heterocycles. The lowest BCUT2D eigenvalue weighted by Crippen LogP contribution is -2.30. The van der Waals surface area contributed by atoms with Crippen molar-refractivity contribution in [3.05, 3.63) is 29.8 Å². The summed E-state index contributed by atoms with van der Waals surface area (Å²) in [6.07, 6.45) is 4.99. The maximum atomic E-state index is 10.0. The van der Waals surface area contributed by atoms with Crippen LogP contribution in [0.2, 0.25) is 0 Å². The zero-order chi connectivity index (χ0) is 12.5. The van der Waals surface area contributed by atoms with Crippen LogP contribution in [-0.4, -0.2) is 5.11 Å². The highest BCUT2D eigenvalue weighted by Crippen LogP contribution is 2.45. The highest BCUT2D eigenvalue weighted by Gasteiger charge is 2.34. The predicted molar refractivity (Wildman–Crippen MR) is 72.3 cm³/mol. The van der Waals surface area contributed by atoms with Gasteiger partial charge in [-0.1, -0.05) is 39.0 Å². The molecule has 0 spiro atoms. The lowest BCUT2D eigenvalue weighted by molar-refractivity contribution is 0.201. The van der Waals surface area contributed by atoms with E-state index in [1.54, 1.807) is 0 Å². The molecule has 1 nitrogen and oxygen atoms in total. The molecule has 0 heterocycles. The van der Waals surface area contributed by atoms with E-state index in [2.05, 4.69) is 26.8 Å². The van der Waals surface area contributed by atoms with Gasteiger partial charge in [0.15, 0.2) is 0 Å². The summed E-state index contributed by atoms with van der Waals surface area (Å²) in [6, 6.07) is 7.84. The van der Waals surface area contributed by atoms with Crippen LogP contribution in [-0.2, 0) is 5.41 Å². The fraction of sp³-hybridized carbons (Fsp3) is 0.625. The van der Waals surface area contributed by atoms with E-state index in [0.29, 0.717) is 5.75 Å². The van der Waals surface area contributed by atoms with Gasteiger partial charge in [0.1, 0.15) is 5.75 Å². The second-order valence-corrected chi connectivity index (χ2v) is 6.16. The Hall–Kier alpha value is -0.980. The van der Waals surface area contributed by atoms with Gasteiger partial charge < -0.3 is 5.11 Å². The SMILES string of the molecule is CC(C)C1CCC(C)(c2ccccc2O)CC1. The van der Waals surface area contributed by atoms with Crippen molar-refractivity contribution in [3.8, 4) is 5.75 Å². The number of phenolic OH excluding ortho intramolecular Hbond substituents is 1. The molecule has 1 aliphatic rings. The highest BCUT2D eigenvalue weighted by atomic mass is 16.3. The number of aromatic hydroxyl groups is 1. The first-order valence-electron chi connectivity index (χ1n) is 6.81. The van der Waals surface area contributed by atoms with Gasteiger partial charge in [-0.25, -0.2) is 0 Å². The Kier molecular flexibility index (Phi) is 3.46. The molecule has 1 aromatic carbocycles. The van der Waals surface area contributed by atoms with Crippen LogP contribution in [0, 0.1) is 11.8 Å². The van der Waals surface area contributed by atoms with Crippen molar-refractivity contribution in [2.45, 2.75) is 51.9 Å². The van der Waals surface area contributed by atoms with Crippen LogP contribution >= 0.6 is 0 Å². The second kappa shape index (κ2) is 4.72. The Morgan fingerprint density at radius 1 is 1.18 bits per heavy atom. The molecule has 94 valence electrons. The summed E-state index contributed by atoms with van der Waals surface area (Å²) in [6.45, 7) is 6.96. The summed E-state index contributed by atoms with van der Waals surface area (Å²) in [5, 5.41) is 10.0. The quantitative estimate of drug-likeness (QED) is 0.796. The summed E-state index contributed by atoms with van der Waals surface area (Å²) in [7, 11) is 0. The maximum Gasteiger partial charge on any atom is 0.119 e. The summed E-state index contributed by atoms with van der Waals surface area (Å²) >= 11 is 0. The first-order chi connectivity index (χ1) is 8.03. The number of para-hydroxylation sites is 1. The molecule has 1 N–H and O–H groups in total. The van der Waals surface area contributed by atoms with Gasteiger partial charge in [-0.15, -0.1) is 0 Å². The first-order valence-corrected chi connectivity index (χ1v) is 6.81. The van der Waals surface area contributed by atoms with Crippen LogP contribution in [0.4, 0.5) is 0 Å². The van der Waals surface area contributed by atoms with Gasteiger partial charge in [0.05, 0.1) is 0 Å². The van der Waals surface area contributed by atoms with Crippen molar-refractivity contribution in [3.63, 3.8) is 0 Å². The minimum atomic E-state index is 0.177. The van der Waals surface area contributed by atoms with E-state index < -0.39 is 0 Å². The lowest BCUT2D eigenvalue weighted by atomic mass is 9.66. The fourth-order valence-corrected chi connectivity index (χ4v) is 3.20. The van der Waals surface area contributed by atoms with E-state index in [0.717, 1.165) is 17.4 Å². The lowest BCUT2D eigenvalue weighted by Gasteiger charge is -2.39. The van der Waals surface area contributed by atoms with Crippen LogP contribution in [0.3, 0.4) is 0 Å². The smallest absolute Gasteiger partial charge is 0.119 e. The molecule has 1 fully saturated rings. The van der Waals surface area contributed by atoms with E-state index >= 15 is 0 Å². The minimum absolute atomic E-state index is 0.177. The van der Waals surface area contributed by atoms with Crippen molar-refractivity contribution in [1.29, 1.82) is 0 Å². The van der Waals surface area contributed by atoms with Crippen LogP contribution in [0.25, 0.3) is 0 Å². The van der Waals surface area contributed by atoms with Gasteiger partial charge in [0.2, 0.25) is 0 Å². The zero-order valence-electron chi connectivity index (χ0n) is 11.2. The van der Waals surface area contributed by atoms with Gasteiger partial charge in [0.25, 0.3) is 0 Å². The van der Waals surface area contributed by atoms with Crippen LogP contribution < -0.4 is 0 Å². The van der Waals surface area contributed by atoms with Gasteiger partial charge >= 0.3 is 0 Å². The topological polar surface area (TPSA) is 20.2 Å². The van der Waals surface area contributed by atoms with Gasteiger partial charge in [-0.05, 0) is 54.6 Å². The van der Waals surface area contributed by atoms with Crippen molar-refractivity contribution in [2.75, 3.05) is 0 Å². The third kappa shape index (κ3) is 2.48. The molecule has 17 heavy (non-hydrogen) atoms. The molecule has 0 amide bonds. The highest BCUT2D eigenvalue weighted by molar-refractivity contribution is 5.38. The largest absolute Gasteiger partial charge is 0.508 e. The first kappa shape index (κ1) is 12.5. The summed E-state index contributed by atoms with van der Waals surface area (Å²) < 4.78 is 0. The number of hydrogen-bond donors (Lipinski definition) is 1. The van der Waals surface area contributed by atoms with Crippen molar-refractivity contribution in [2.24, 2.45) is 11.8 Å². The zero-order valence-corrected chi connectivity index (χ0v) is 11.2. The Bertz CT molecular complexity index is 373. The van der Waals surface area contributed by atoms with Gasteiger partial charge in [-0.3, -0.25) is 0 Å². The Labute approximate surface area is 105 Å². The monoisotopic (exact) mass is 232 g/mol. The summed E-state index contributed by atoms with van der Waals surface area (Å²) in [5.41, 5.74) is 1.32. The summed E-state index contributed by atoms with van der Waals surface area (Å²) in [4.78, 5) is 0. The molecular weight excluding hydrogens is 208 g/mol. The normalized spacial score (nSPS) is 29.5. The third-order valence-corrected chi connectivity index (χ3v) is 4.63. The van der Waals surface area contributed by atoms with Crippen molar-refractivity contribution >= 4 is 0 Å². The molecule has 0 bridgehead atoms. The molecule has 1 aromatic rings. The number of phenols is 1. The molecule has 0 unspecified atom stereocenters. The van der Waals surface area contributed by atoms with Crippen molar-refractivity contribution < 1.29 is 5.11 Å². The van der Waals surface area contributed by atoms with Gasteiger partial charge in [-0.2, -0.15) is 0 Å². The third-order valence-electron chi connectivity index (χ3n) is 4.63. The molecule has 1 heteroatoms. The molecule has 0 saturated heterocycles.